The summed E-state index contributed by atoms with van der Waals surface area (Å²) in [5.74, 6) is -3.92. The zero-order chi connectivity index (χ0) is 27.7. The van der Waals surface area contributed by atoms with Crippen molar-refractivity contribution in [2.24, 2.45) is 17.8 Å². The Labute approximate surface area is 222 Å². The van der Waals surface area contributed by atoms with Crippen LogP contribution >= 0.6 is 0 Å². The van der Waals surface area contributed by atoms with Crippen molar-refractivity contribution in [3.05, 3.63) is 35.9 Å². The van der Waals surface area contributed by atoms with Gasteiger partial charge in [-0.25, -0.2) is 13.6 Å². The number of alkyl halides is 2. The summed E-state index contributed by atoms with van der Waals surface area (Å²) in [6.45, 7) is 4.33. The number of hydrogen-bond acceptors (Lipinski definition) is 5. The third kappa shape index (κ3) is 9.06. The quantitative estimate of drug-likeness (QED) is 0.353. The van der Waals surface area contributed by atoms with Crippen molar-refractivity contribution >= 4 is 24.2 Å². The minimum Gasteiger partial charge on any atom is -0.446 e. The minimum absolute atomic E-state index is 0.0435. The van der Waals surface area contributed by atoms with Crippen molar-refractivity contribution in [2.75, 3.05) is 6.54 Å². The number of carbonyl (C=O) groups is 4. The lowest BCUT2D eigenvalue weighted by atomic mass is 9.81. The molecule has 3 amide bonds. The summed E-state index contributed by atoms with van der Waals surface area (Å²) in [6, 6.07) is 7.56. The van der Waals surface area contributed by atoms with Gasteiger partial charge in [0.05, 0.1) is 6.04 Å². The van der Waals surface area contributed by atoms with E-state index in [1.165, 1.54) is 0 Å². The van der Waals surface area contributed by atoms with Gasteiger partial charge in [-0.2, -0.15) is 0 Å². The number of ether oxygens (including phenoxy) is 1. The van der Waals surface area contributed by atoms with Gasteiger partial charge in [0.2, 0.25) is 17.7 Å². The van der Waals surface area contributed by atoms with Crippen molar-refractivity contribution in [3.8, 4) is 0 Å². The molecule has 2 fully saturated rings. The maximum absolute atomic E-state index is 13.8. The van der Waals surface area contributed by atoms with Gasteiger partial charge in [0, 0.05) is 31.7 Å². The highest BCUT2D eigenvalue weighted by molar-refractivity contribution is 5.88. The van der Waals surface area contributed by atoms with Crippen LogP contribution in [0.15, 0.2) is 30.3 Å². The zero-order valence-electron chi connectivity index (χ0n) is 22.1. The van der Waals surface area contributed by atoms with Crippen LogP contribution in [-0.2, 0) is 25.5 Å². The summed E-state index contributed by atoms with van der Waals surface area (Å²) in [7, 11) is 0. The first-order valence-corrected chi connectivity index (χ1v) is 13.5. The highest BCUT2D eigenvalue weighted by Crippen LogP contribution is 2.38. The lowest BCUT2D eigenvalue weighted by Crippen LogP contribution is -2.52. The highest BCUT2D eigenvalue weighted by atomic mass is 19.3. The van der Waals surface area contributed by atoms with Crippen molar-refractivity contribution in [3.63, 3.8) is 0 Å². The molecule has 0 aromatic heterocycles. The maximum Gasteiger partial charge on any atom is 0.408 e. The molecule has 1 aliphatic heterocycles. The van der Waals surface area contributed by atoms with E-state index in [1.807, 2.05) is 44.2 Å². The zero-order valence-corrected chi connectivity index (χ0v) is 22.1. The van der Waals surface area contributed by atoms with Crippen LogP contribution in [0.5, 0.6) is 0 Å². The number of nitrogens with one attached hydrogen (secondary N) is 3. The number of hydrogen-bond donors (Lipinski definition) is 3. The molecule has 2 aliphatic rings. The molecule has 1 aromatic carbocycles. The number of rotatable bonds is 12. The lowest BCUT2D eigenvalue weighted by molar-refractivity contribution is -0.127. The molecule has 3 rings (SSSR count). The lowest BCUT2D eigenvalue weighted by Gasteiger charge is -2.34. The first-order valence-electron chi connectivity index (χ1n) is 13.5. The number of benzene rings is 1. The summed E-state index contributed by atoms with van der Waals surface area (Å²) in [6.07, 6.45) is 0.603. The van der Waals surface area contributed by atoms with Crippen molar-refractivity contribution in [1.82, 2.24) is 16.0 Å². The van der Waals surface area contributed by atoms with Gasteiger partial charge >= 0.3 is 6.09 Å². The molecule has 1 aliphatic carbocycles. The van der Waals surface area contributed by atoms with Crippen LogP contribution < -0.4 is 16.0 Å². The molecular formula is C28H39F2N3O5. The number of alkyl carbamates (subject to hydrolysis) is 1. The van der Waals surface area contributed by atoms with E-state index >= 15 is 0 Å². The highest BCUT2D eigenvalue weighted by Gasteiger charge is 2.39. The smallest absolute Gasteiger partial charge is 0.408 e. The van der Waals surface area contributed by atoms with Crippen LogP contribution in [0.4, 0.5) is 13.6 Å². The number of amides is 3. The van der Waals surface area contributed by atoms with E-state index in [4.69, 9.17) is 4.74 Å². The second-order valence-corrected chi connectivity index (χ2v) is 10.9. The fourth-order valence-corrected chi connectivity index (χ4v) is 5.21. The summed E-state index contributed by atoms with van der Waals surface area (Å²) >= 11 is 0. The molecule has 210 valence electrons. The predicted molar refractivity (Wildman–Crippen MR) is 137 cm³/mol. The van der Waals surface area contributed by atoms with Crippen molar-refractivity contribution in [2.45, 2.75) is 89.3 Å². The summed E-state index contributed by atoms with van der Waals surface area (Å²) in [4.78, 5) is 49.6. The maximum atomic E-state index is 13.8. The Kier molecular flexibility index (Phi) is 10.6. The molecule has 8 nitrogen and oxygen atoms in total. The Morgan fingerprint density at radius 1 is 1.13 bits per heavy atom. The molecule has 1 saturated heterocycles. The molecule has 10 heteroatoms. The Balaban J connectivity index is 1.65. The predicted octanol–water partition coefficient (Wildman–Crippen LogP) is 3.77. The summed E-state index contributed by atoms with van der Waals surface area (Å²) in [5, 5.41) is 8.00. The van der Waals surface area contributed by atoms with Gasteiger partial charge in [-0.05, 0) is 49.5 Å². The number of halogens is 2. The Morgan fingerprint density at radius 3 is 2.39 bits per heavy atom. The number of aldehydes is 1. The summed E-state index contributed by atoms with van der Waals surface area (Å²) < 4.78 is 33.3. The van der Waals surface area contributed by atoms with Crippen molar-refractivity contribution < 1.29 is 32.7 Å². The van der Waals surface area contributed by atoms with Crippen LogP contribution in [0.1, 0.15) is 64.4 Å². The fraction of sp³-hybridized carbons (Fsp3) is 0.643. The van der Waals surface area contributed by atoms with Gasteiger partial charge in [-0.3, -0.25) is 9.59 Å². The molecule has 38 heavy (non-hydrogen) atoms. The fourth-order valence-electron chi connectivity index (χ4n) is 5.21. The molecule has 1 aromatic rings. The Morgan fingerprint density at radius 2 is 1.82 bits per heavy atom. The van der Waals surface area contributed by atoms with Crippen LogP contribution in [-0.4, -0.2) is 54.8 Å². The van der Waals surface area contributed by atoms with E-state index in [1.54, 1.807) is 0 Å². The summed E-state index contributed by atoms with van der Waals surface area (Å²) in [5.41, 5.74) is 0.920. The normalized spacial score (nSPS) is 21.7. The Bertz CT molecular complexity index is 949. The molecule has 4 atom stereocenters. The van der Waals surface area contributed by atoms with Crippen LogP contribution in [0.3, 0.4) is 0 Å². The van der Waals surface area contributed by atoms with E-state index < -0.39 is 36.1 Å². The molecule has 0 spiro atoms. The average Bonchev–Trinajstić information content (AvgIpc) is 3.27. The van der Waals surface area contributed by atoms with E-state index in [9.17, 15) is 28.0 Å². The third-order valence-corrected chi connectivity index (χ3v) is 7.33. The van der Waals surface area contributed by atoms with Crippen LogP contribution in [0, 0.1) is 17.8 Å². The van der Waals surface area contributed by atoms with Gasteiger partial charge in [0.15, 0.2) is 0 Å². The second-order valence-electron chi connectivity index (χ2n) is 10.9. The average molecular weight is 536 g/mol. The van der Waals surface area contributed by atoms with Gasteiger partial charge in [-0.15, -0.1) is 0 Å². The third-order valence-electron chi connectivity index (χ3n) is 7.33. The van der Waals surface area contributed by atoms with Crippen LogP contribution in [0.25, 0.3) is 0 Å². The monoisotopic (exact) mass is 535 g/mol. The number of carbonyl (C=O) groups excluding carboxylic acids is 4. The molecule has 0 radical (unpaired) electrons. The van der Waals surface area contributed by atoms with E-state index in [0.29, 0.717) is 32.1 Å². The molecule has 3 N–H and O–H groups in total. The van der Waals surface area contributed by atoms with Gasteiger partial charge in [0.1, 0.15) is 18.4 Å². The van der Waals surface area contributed by atoms with Crippen LogP contribution in [0.2, 0.25) is 0 Å². The first kappa shape index (κ1) is 29.5. The SMILES string of the molecule is CC(C)C[C@H](NC(=O)OC(Cc1ccccc1)C1CCC(F)(F)CC1)C(=O)N[C@H](C=O)C[C@@H]1CCNC1=O. The molecule has 1 unspecified atom stereocenters. The first-order chi connectivity index (χ1) is 18.1. The van der Waals surface area contributed by atoms with Gasteiger partial charge < -0.3 is 25.5 Å². The molecule has 1 heterocycles. The van der Waals surface area contributed by atoms with E-state index in [0.717, 1.165) is 5.56 Å². The topological polar surface area (TPSA) is 114 Å². The molecule has 1 saturated carbocycles. The Hall–Kier alpha value is -3.04. The minimum atomic E-state index is -2.70. The van der Waals surface area contributed by atoms with E-state index in [-0.39, 0.29) is 55.8 Å². The molecular weight excluding hydrogens is 496 g/mol. The van der Waals surface area contributed by atoms with E-state index in [2.05, 4.69) is 16.0 Å². The standard InChI is InChI=1S/C28H39F2N3O5/c1-18(2)14-23(26(36)32-22(17-34)16-21-10-13-31-25(21)35)33-27(37)38-24(15-19-6-4-3-5-7-19)20-8-11-28(29,30)12-9-20/h3-7,17-18,20-24H,8-16H2,1-2H3,(H,31,35)(H,32,36)(H,33,37)/t21-,22-,23-,24?/m0/s1. The second kappa shape index (κ2) is 13.7. The largest absolute Gasteiger partial charge is 0.446 e. The van der Waals surface area contributed by atoms with Gasteiger partial charge in [0.25, 0.3) is 0 Å². The van der Waals surface area contributed by atoms with Gasteiger partial charge in [-0.1, -0.05) is 44.2 Å². The molecule has 0 bridgehead atoms. The van der Waals surface area contributed by atoms with Crippen molar-refractivity contribution in [1.29, 1.82) is 0 Å².